The van der Waals surface area contributed by atoms with E-state index in [-0.39, 0.29) is 17.5 Å². The second-order valence-electron chi connectivity index (χ2n) is 7.39. The van der Waals surface area contributed by atoms with E-state index in [1.54, 1.807) is 6.33 Å². The van der Waals surface area contributed by atoms with E-state index in [1.165, 1.54) is 19.3 Å². The van der Waals surface area contributed by atoms with E-state index in [4.69, 9.17) is 0 Å². The van der Waals surface area contributed by atoms with E-state index in [2.05, 4.69) is 25.7 Å². The summed E-state index contributed by atoms with van der Waals surface area (Å²) < 4.78 is 1.82. The van der Waals surface area contributed by atoms with Gasteiger partial charge in [0.2, 0.25) is 5.91 Å². The van der Waals surface area contributed by atoms with Crippen molar-refractivity contribution in [3.05, 3.63) is 35.2 Å². The Hall–Kier alpha value is -2.15. The van der Waals surface area contributed by atoms with Gasteiger partial charge in [0.15, 0.2) is 0 Å². The highest BCUT2D eigenvalue weighted by Crippen LogP contribution is 2.40. The number of fused-ring (bicyclic) bond motifs is 2. The average molecular weight is 342 g/mol. The predicted molar refractivity (Wildman–Crippen MR) is 93.8 cm³/mol. The number of imidazole rings is 1. The number of carbonyl (C=O) groups excluding carboxylic acids is 1. The highest BCUT2D eigenvalue weighted by atomic mass is 16.2. The van der Waals surface area contributed by atoms with Crippen LogP contribution in [0.1, 0.15) is 54.9 Å². The van der Waals surface area contributed by atoms with Crippen LogP contribution in [-0.4, -0.2) is 31.7 Å². The minimum absolute atomic E-state index is 0.0454. The third-order valence-corrected chi connectivity index (χ3v) is 5.60. The van der Waals surface area contributed by atoms with Gasteiger partial charge in [-0.25, -0.2) is 4.98 Å². The third kappa shape index (κ3) is 2.97. The van der Waals surface area contributed by atoms with E-state index in [9.17, 15) is 4.79 Å². The van der Waals surface area contributed by atoms with Crippen molar-refractivity contribution in [1.29, 1.82) is 0 Å². The lowest BCUT2D eigenvalue weighted by atomic mass is 9.75. The fourth-order valence-corrected chi connectivity index (χ4v) is 4.37. The summed E-state index contributed by atoms with van der Waals surface area (Å²) in [5, 5.41) is 11.1. The topological polar surface area (TPSA) is 87.6 Å². The quantitative estimate of drug-likeness (QED) is 0.788. The maximum atomic E-state index is 12.8. The molecule has 0 radical (unpaired) electrons. The van der Waals surface area contributed by atoms with Gasteiger partial charge in [0.25, 0.3) is 0 Å². The maximum Gasteiger partial charge on any atom is 0.237 e. The van der Waals surface area contributed by atoms with Crippen molar-refractivity contribution in [2.45, 2.75) is 63.6 Å². The van der Waals surface area contributed by atoms with E-state index in [0.29, 0.717) is 13.0 Å². The van der Waals surface area contributed by atoms with Crippen LogP contribution in [0, 0.1) is 6.92 Å². The Balaban J connectivity index is 1.49. The molecule has 1 saturated carbocycles. The van der Waals surface area contributed by atoms with Gasteiger partial charge in [0.05, 0.1) is 41.5 Å². The smallest absolute Gasteiger partial charge is 0.237 e. The molecule has 1 atom stereocenters. The largest absolute Gasteiger partial charge is 0.349 e. The molecule has 1 aliphatic carbocycles. The molecule has 0 saturated heterocycles. The molecule has 1 amide bonds. The summed E-state index contributed by atoms with van der Waals surface area (Å²) in [7, 11) is 1.90. The summed E-state index contributed by atoms with van der Waals surface area (Å²) in [6.45, 7) is 2.46. The van der Waals surface area contributed by atoms with Gasteiger partial charge in [-0.1, -0.05) is 19.3 Å². The molecule has 7 nitrogen and oxygen atoms in total. The van der Waals surface area contributed by atoms with Gasteiger partial charge in [0.1, 0.15) is 0 Å². The second kappa shape index (κ2) is 6.29. The number of hydrogen-bond acceptors (Lipinski definition) is 4. The van der Waals surface area contributed by atoms with Crippen molar-refractivity contribution in [2.24, 2.45) is 7.05 Å². The van der Waals surface area contributed by atoms with Gasteiger partial charge in [-0.15, -0.1) is 0 Å². The molecule has 2 aromatic rings. The molecule has 1 aliphatic heterocycles. The number of aryl methyl sites for hydroxylation is 2. The number of aromatic nitrogens is 4. The van der Waals surface area contributed by atoms with Crippen LogP contribution in [0.15, 0.2) is 12.4 Å². The molecule has 134 valence electrons. The van der Waals surface area contributed by atoms with Crippen LogP contribution in [0.2, 0.25) is 0 Å². The summed E-state index contributed by atoms with van der Waals surface area (Å²) in [5.41, 5.74) is 4.06. The fourth-order valence-electron chi connectivity index (χ4n) is 4.37. The lowest BCUT2D eigenvalue weighted by molar-refractivity contribution is -0.124. The van der Waals surface area contributed by atoms with E-state index in [0.717, 1.165) is 35.6 Å². The molecular weight excluding hydrogens is 316 g/mol. The molecule has 2 aliphatic rings. The highest BCUT2D eigenvalue weighted by molar-refractivity contribution is 5.82. The van der Waals surface area contributed by atoms with Crippen LogP contribution in [0.25, 0.3) is 0 Å². The number of rotatable bonds is 3. The van der Waals surface area contributed by atoms with E-state index >= 15 is 0 Å². The Morgan fingerprint density at radius 2 is 2.20 bits per heavy atom. The van der Waals surface area contributed by atoms with Crippen molar-refractivity contribution >= 4 is 5.91 Å². The van der Waals surface area contributed by atoms with Gasteiger partial charge in [-0.3, -0.25) is 14.8 Å². The lowest BCUT2D eigenvalue weighted by Gasteiger charge is -2.43. The number of H-pyrrole nitrogens is 1. The highest BCUT2D eigenvalue weighted by Gasteiger charge is 2.44. The third-order valence-electron chi connectivity index (χ3n) is 5.60. The van der Waals surface area contributed by atoms with Crippen LogP contribution in [0.4, 0.5) is 0 Å². The van der Waals surface area contributed by atoms with Crippen molar-refractivity contribution in [1.82, 2.24) is 30.4 Å². The summed E-state index contributed by atoms with van der Waals surface area (Å²) in [5.74, 6) is 0.0454. The molecule has 1 spiro atoms. The second-order valence-corrected chi connectivity index (χ2v) is 7.39. The first kappa shape index (κ1) is 16.3. The first-order chi connectivity index (χ1) is 12.1. The molecule has 3 N–H and O–H groups in total. The molecule has 2 aromatic heterocycles. The number of hydrogen-bond donors (Lipinski definition) is 3. The number of carbonyl (C=O) groups is 1. The Morgan fingerprint density at radius 3 is 2.92 bits per heavy atom. The number of amides is 1. The van der Waals surface area contributed by atoms with Gasteiger partial charge >= 0.3 is 0 Å². The number of aromatic amines is 1. The van der Waals surface area contributed by atoms with Crippen LogP contribution in [0.3, 0.4) is 0 Å². The molecular formula is C18H26N6O. The van der Waals surface area contributed by atoms with E-state index in [1.807, 2.05) is 24.7 Å². The zero-order valence-electron chi connectivity index (χ0n) is 14.9. The fraction of sp³-hybridized carbons (Fsp3) is 0.611. The minimum Gasteiger partial charge on any atom is -0.349 e. The van der Waals surface area contributed by atoms with Crippen molar-refractivity contribution < 1.29 is 4.79 Å². The molecule has 0 aromatic carbocycles. The Morgan fingerprint density at radius 1 is 1.40 bits per heavy atom. The van der Waals surface area contributed by atoms with Crippen molar-refractivity contribution in [3.63, 3.8) is 0 Å². The van der Waals surface area contributed by atoms with Gasteiger partial charge < -0.3 is 10.3 Å². The van der Waals surface area contributed by atoms with Crippen molar-refractivity contribution in [3.8, 4) is 0 Å². The molecule has 0 unspecified atom stereocenters. The SMILES string of the molecule is Cc1cc(CNC(=O)[C@@H]2Cc3[nH]cnc3C3(CCCCC3)N2)n(C)n1. The monoisotopic (exact) mass is 342 g/mol. The minimum atomic E-state index is -0.222. The Bertz CT molecular complexity index is 770. The summed E-state index contributed by atoms with van der Waals surface area (Å²) in [4.78, 5) is 20.6. The zero-order chi connectivity index (χ0) is 17.4. The van der Waals surface area contributed by atoms with Gasteiger partial charge in [0, 0.05) is 19.2 Å². The lowest BCUT2D eigenvalue weighted by Crippen LogP contribution is -2.58. The van der Waals surface area contributed by atoms with Gasteiger partial charge in [-0.2, -0.15) is 5.10 Å². The normalized spacial score (nSPS) is 21.9. The van der Waals surface area contributed by atoms with Crippen LogP contribution in [-0.2, 0) is 30.3 Å². The molecule has 1 fully saturated rings. The number of nitrogens with one attached hydrogen (secondary N) is 3. The van der Waals surface area contributed by atoms with Crippen LogP contribution < -0.4 is 10.6 Å². The molecule has 25 heavy (non-hydrogen) atoms. The summed E-state index contributed by atoms with van der Waals surface area (Å²) >= 11 is 0. The van der Waals surface area contributed by atoms with Crippen LogP contribution in [0.5, 0.6) is 0 Å². The maximum absolute atomic E-state index is 12.8. The molecule has 4 rings (SSSR count). The molecule has 3 heterocycles. The Kier molecular flexibility index (Phi) is 4.11. The first-order valence-electron chi connectivity index (χ1n) is 9.15. The first-order valence-corrected chi connectivity index (χ1v) is 9.15. The molecule has 0 bridgehead atoms. The van der Waals surface area contributed by atoms with Crippen molar-refractivity contribution in [2.75, 3.05) is 0 Å². The van der Waals surface area contributed by atoms with Crippen LogP contribution >= 0.6 is 0 Å². The predicted octanol–water partition coefficient (Wildman–Crippen LogP) is 1.44. The number of nitrogens with zero attached hydrogens (tertiary/aromatic N) is 3. The summed E-state index contributed by atoms with van der Waals surface area (Å²) in [6, 6.07) is 1.78. The Labute approximate surface area is 147 Å². The summed E-state index contributed by atoms with van der Waals surface area (Å²) in [6.07, 6.45) is 8.16. The zero-order valence-corrected chi connectivity index (χ0v) is 14.9. The van der Waals surface area contributed by atoms with Gasteiger partial charge in [-0.05, 0) is 25.8 Å². The standard InChI is InChI=1S/C18H26N6O/c1-12-8-13(24(2)23-12)10-19-17(25)15-9-14-16(21-11-20-14)18(22-15)6-4-3-5-7-18/h8,11,15,22H,3-7,9-10H2,1-2H3,(H,19,25)(H,20,21)/t15-/m0/s1. The average Bonchev–Trinajstić information content (AvgIpc) is 3.20. The van der Waals surface area contributed by atoms with E-state index < -0.39 is 0 Å². The molecule has 7 heteroatoms.